The molecule has 1 heterocycles. The predicted molar refractivity (Wildman–Crippen MR) is 71.0 cm³/mol. The van der Waals surface area contributed by atoms with Crippen LogP contribution in [0, 0.1) is 0 Å². The minimum atomic E-state index is -0.799. The third-order valence-corrected chi connectivity index (χ3v) is 3.16. The third-order valence-electron chi connectivity index (χ3n) is 2.32. The fourth-order valence-corrected chi connectivity index (χ4v) is 2.10. The van der Waals surface area contributed by atoms with Crippen LogP contribution in [0.1, 0.15) is 16.0 Å². The predicted octanol–water partition coefficient (Wildman–Crippen LogP) is 3.55. The molecule has 86 valence electrons. The highest BCUT2D eigenvalue weighted by atomic mass is 32.1. The standard InChI is InChI=1S/C14H12O2S/c15-14(16)10-12-5-3-11(4-6-12)7-8-13-2-1-9-17-13/h1-9H,10H2,(H,15,16). The molecule has 0 unspecified atom stereocenters. The topological polar surface area (TPSA) is 37.3 Å². The summed E-state index contributed by atoms with van der Waals surface area (Å²) in [5.41, 5.74) is 1.90. The number of benzene rings is 1. The molecular formula is C14H12O2S. The molecule has 0 bridgehead atoms. The highest BCUT2D eigenvalue weighted by Crippen LogP contribution is 2.14. The summed E-state index contributed by atoms with van der Waals surface area (Å²) in [5.74, 6) is -0.799. The Bertz CT molecular complexity index is 510. The molecule has 2 nitrogen and oxygen atoms in total. The van der Waals surface area contributed by atoms with Gasteiger partial charge in [0.05, 0.1) is 6.42 Å². The molecule has 0 radical (unpaired) electrons. The van der Waals surface area contributed by atoms with Gasteiger partial charge < -0.3 is 5.11 Å². The molecule has 0 aliphatic rings. The van der Waals surface area contributed by atoms with E-state index in [2.05, 4.69) is 12.1 Å². The molecule has 0 amide bonds. The summed E-state index contributed by atoms with van der Waals surface area (Å²) in [6.07, 6.45) is 4.15. The lowest BCUT2D eigenvalue weighted by molar-refractivity contribution is -0.136. The Morgan fingerprint density at radius 1 is 1.18 bits per heavy atom. The number of hydrogen-bond acceptors (Lipinski definition) is 2. The summed E-state index contributed by atoms with van der Waals surface area (Å²) in [4.78, 5) is 11.7. The van der Waals surface area contributed by atoms with Gasteiger partial charge in [0.2, 0.25) is 0 Å². The SMILES string of the molecule is O=C(O)Cc1ccc(C=Cc2cccs2)cc1. The van der Waals surface area contributed by atoms with Crippen molar-refractivity contribution < 1.29 is 9.90 Å². The molecular weight excluding hydrogens is 232 g/mol. The first-order valence-electron chi connectivity index (χ1n) is 5.26. The minimum Gasteiger partial charge on any atom is -0.481 e. The van der Waals surface area contributed by atoms with E-state index in [-0.39, 0.29) is 6.42 Å². The molecule has 2 rings (SSSR count). The van der Waals surface area contributed by atoms with Crippen molar-refractivity contribution in [2.75, 3.05) is 0 Å². The van der Waals surface area contributed by atoms with Gasteiger partial charge in [0.1, 0.15) is 0 Å². The molecule has 1 aromatic carbocycles. The van der Waals surface area contributed by atoms with Crippen molar-refractivity contribution in [2.45, 2.75) is 6.42 Å². The zero-order valence-electron chi connectivity index (χ0n) is 9.17. The van der Waals surface area contributed by atoms with Crippen LogP contribution in [-0.2, 0) is 11.2 Å². The molecule has 1 N–H and O–H groups in total. The van der Waals surface area contributed by atoms with Gasteiger partial charge in [0.25, 0.3) is 0 Å². The quantitative estimate of drug-likeness (QED) is 0.893. The average Bonchev–Trinajstić information content (AvgIpc) is 2.80. The van der Waals surface area contributed by atoms with E-state index in [1.165, 1.54) is 4.88 Å². The molecule has 3 heteroatoms. The van der Waals surface area contributed by atoms with Gasteiger partial charge >= 0.3 is 5.97 Å². The van der Waals surface area contributed by atoms with Crippen molar-refractivity contribution >= 4 is 29.5 Å². The second kappa shape index (κ2) is 5.46. The highest BCUT2D eigenvalue weighted by Gasteiger charge is 1.98. The number of carboxylic acids is 1. The zero-order chi connectivity index (χ0) is 12.1. The van der Waals surface area contributed by atoms with Gasteiger partial charge in [-0.25, -0.2) is 0 Å². The summed E-state index contributed by atoms with van der Waals surface area (Å²) in [7, 11) is 0. The van der Waals surface area contributed by atoms with Crippen LogP contribution in [0.15, 0.2) is 41.8 Å². The number of carbonyl (C=O) groups is 1. The van der Waals surface area contributed by atoms with Gasteiger partial charge in [-0.1, -0.05) is 36.4 Å². The van der Waals surface area contributed by atoms with Gasteiger partial charge in [-0.05, 0) is 28.6 Å². The molecule has 0 saturated heterocycles. The number of hydrogen-bond donors (Lipinski definition) is 1. The number of aliphatic carboxylic acids is 1. The van der Waals surface area contributed by atoms with Gasteiger partial charge in [-0.15, -0.1) is 11.3 Å². The van der Waals surface area contributed by atoms with Crippen molar-refractivity contribution in [3.8, 4) is 0 Å². The van der Waals surface area contributed by atoms with Gasteiger partial charge in [-0.3, -0.25) is 4.79 Å². The zero-order valence-corrected chi connectivity index (χ0v) is 9.98. The average molecular weight is 244 g/mol. The van der Waals surface area contributed by atoms with E-state index in [1.54, 1.807) is 11.3 Å². The van der Waals surface area contributed by atoms with Crippen LogP contribution in [0.5, 0.6) is 0 Å². The fourth-order valence-electron chi connectivity index (χ4n) is 1.49. The lowest BCUT2D eigenvalue weighted by Gasteiger charge is -1.97. The molecule has 1 aromatic heterocycles. The monoisotopic (exact) mass is 244 g/mol. The van der Waals surface area contributed by atoms with E-state index < -0.39 is 5.97 Å². The van der Waals surface area contributed by atoms with E-state index >= 15 is 0 Å². The van der Waals surface area contributed by atoms with E-state index in [0.717, 1.165) is 11.1 Å². The van der Waals surface area contributed by atoms with E-state index in [1.807, 2.05) is 41.8 Å². The van der Waals surface area contributed by atoms with Crippen molar-refractivity contribution in [1.82, 2.24) is 0 Å². The summed E-state index contributed by atoms with van der Waals surface area (Å²) in [6, 6.07) is 11.6. The van der Waals surface area contributed by atoms with Crippen LogP contribution in [-0.4, -0.2) is 11.1 Å². The first kappa shape index (κ1) is 11.6. The number of carboxylic acid groups (broad SMARTS) is 1. The third kappa shape index (κ3) is 3.57. The fraction of sp³-hybridized carbons (Fsp3) is 0.0714. The number of thiophene rings is 1. The van der Waals surface area contributed by atoms with Gasteiger partial charge in [0.15, 0.2) is 0 Å². The number of rotatable bonds is 4. The Kier molecular flexibility index (Phi) is 3.73. The van der Waals surface area contributed by atoms with Crippen LogP contribution in [0.4, 0.5) is 0 Å². The van der Waals surface area contributed by atoms with Crippen LogP contribution in [0.2, 0.25) is 0 Å². The molecule has 17 heavy (non-hydrogen) atoms. The maximum atomic E-state index is 10.5. The summed E-state index contributed by atoms with van der Waals surface area (Å²) >= 11 is 1.69. The Morgan fingerprint density at radius 3 is 2.53 bits per heavy atom. The van der Waals surface area contributed by atoms with Crippen LogP contribution < -0.4 is 0 Å². The van der Waals surface area contributed by atoms with Crippen molar-refractivity contribution in [3.63, 3.8) is 0 Å². The van der Waals surface area contributed by atoms with Crippen molar-refractivity contribution in [2.24, 2.45) is 0 Å². The summed E-state index contributed by atoms with van der Waals surface area (Å²) in [5, 5.41) is 10.7. The first-order valence-corrected chi connectivity index (χ1v) is 6.14. The maximum absolute atomic E-state index is 10.5. The van der Waals surface area contributed by atoms with Crippen molar-refractivity contribution in [1.29, 1.82) is 0 Å². The lowest BCUT2D eigenvalue weighted by Crippen LogP contribution is -1.99. The molecule has 0 atom stereocenters. The van der Waals surface area contributed by atoms with Crippen LogP contribution >= 0.6 is 11.3 Å². The Labute approximate surface area is 104 Å². The van der Waals surface area contributed by atoms with E-state index in [0.29, 0.717) is 0 Å². The first-order chi connectivity index (χ1) is 8.24. The normalized spacial score (nSPS) is 10.8. The second-order valence-corrected chi connectivity index (χ2v) is 4.64. The molecule has 0 aliphatic carbocycles. The smallest absolute Gasteiger partial charge is 0.307 e. The molecule has 0 spiro atoms. The summed E-state index contributed by atoms with van der Waals surface area (Å²) < 4.78 is 0. The van der Waals surface area contributed by atoms with Crippen LogP contribution in [0.3, 0.4) is 0 Å². The Morgan fingerprint density at radius 2 is 1.94 bits per heavy atom. The second-order valence-electron chi connectivity index (χ2n) is 3.66. The van der Waals surface area contributed by atoms with Crippen LogP contribution in [0.25, 0.3) is 12.2 Å². The minimum absolute atomic E-state index is 0.0783. The Hall–Kier alpha value is -1.87. The van der Waals surface area contributed by atoms with E-state index in [9.17, 15) is 4.79 Å². The van der Waals surface area contributed by atoms with Gasteiger partial charge in [0, 0.05) is 4.88 Å². The van der Waals surface area contributed by atoms with E-state index in [4.69, 9.17) is 5.11 Å². The summed E-state index contributed by atoms with van der Waals surface area (Å²) in [6.45, 7) is 0. The maximum Gasteiger partial charge on any atom is 0.307 e. The molecule has 0 aliphatic heterocycles. The molecule has 2 aromatic rings. The Balaban J connectivity index is 2.05. The molecule has 0 saturated carbocycles. The largest absolute Gasteiger partial charge is 0.481 e. The highest BCUT2D eigenvalue weighted by molar-refractivity contribution is 7.10. The van der Waals surface area contributed by atoms with Gasteiger partial charge in [-0.2, -0.15) is 0 Å². The molecule has 0 fully saturated rings. The van der Waals surface area contributed by atoms with Crippen molar-refractivity contribution in [3.05, 3.63) is 57.8 Å². The lowest BCUT2D eigenvalue weighted by atomic mass is 10.1.